The van der Waals surface area contributed by atoms with E-state index < -0.39 is 30.2 Å². The molecule has 63 heavy (non-hydrogen) atoms. The van der Waals surface area contributed by atoms with Gasteiger partial charge in [0.25, 0.3) is 0 Å². The summed E-state index contributed by atoms with van der Waals surface area (Å²) in [5.74, 6) is 0.338. The van der Waals surface area contributed by atoms with Gasteiger partial charge in [0.1, 0.15) is 22.3 Å². The monoisotopic (exact) mass is 811 g/mol. The smallest absolute Gasteiger partial charge is 0.167 e. The number of aromatic nitrogens is 4. The number of nitrogens with zero attached hydrogens (tertiary/aromatic N) is 4. The molecular formula is C57H34N4O2. The van der Waals surface area contributed by atoms with Gasteiger partial charge in [-0.25, -0.2) is 15.0 Å². The molecule has 0 radical (unpaired) electrons. The maximum Gasteiger partial charge on any atom is 0.167 e. The van der Waals surface area contributed by atoms with E-state index in [0.29, 0.717) is 22.3 Å². The topological polar surface area (TPSA) is 69.9 Å². The highest BCUT2D eigenvalue weighted by Crippen LogP contribution is 2.44. The third-order valence-electron chi connectivity index (χ3n) is 11.9. The van der Waals surface area contributed by atoms with Crippen molar-refractivity contribution in [2.75, 3.05) is 0 Å². The first-order valence-electron chi connectivity index (χ1n) is 23.2. The van der Waals surface area contributed by atoms with Crippen molar-refractivity contribution >= 4 is 65.7 Å². The highest BCUT2D eigenvalue weighted by atomic mass is 16.3. The van der Waals surface area contributed by atoms with E-state index in [1.54, 1.807) is 0 Å². The molecule has 6 heteroatoms. The third-order valence-corrected chi connectivity index (χ3v) is 11.9. The van der Waals surface area contributed by atoms with E-state index in [2.05, 4.69) is 53.1 Å². The second-order valence-corrected chi connectivity index (χ2v) is 15.6. The Morgan fingerprint density at radius 2 is 0.952 bits per heavy atom. The molecule has 0 aliphatic rings. The van der Waals surface area contributed by atoms with E-state index in [1.165, 1.54) is 0 Å². The van der Waals surface area contributed by atoms with Gasteiger partial charge in [0.15, 0.2) is 17.5 Å². The summed E-state index contributed by atoms with van der Waals surface area (Å²) in [6, 6.07) is 56.5. The average Bonchev–Trinajstić information content (AvgIpc) is 4.07. The van der Waals surface area contributed by atoms with Gasteiger partial charge in [-0.3, -0.25) is 0 Å². The van der Waals surface area contributed by atoms with E-state index >= 15 is 0 Å². The second kappa shape index (κ2) is 14.0. The lowest BCUT2D eigenvalue weighted by Gasteiger charge is -2.13. The van der Waals surface area contributed by atoms with Crippen molar-refractivity contribution in [1.29, 1.82) is 0 Å². The summed E-state index contributed by atoms with van der Waals surface area (Å²) in [5.41, 5.74) is 10.2. The summed E-state index contributed by atoms with van der Waals surface area (Å²) < 4.78 is 59.4. The Balaban J connectivity index is 1.12. The molecule has 13 rings (SSSR count). The molecule has 0 amide bonds. The molecule has 4 aromatic heterocycles. The Morgan fingerprint density at radius 1 is 0.381 bits per heavy atom. The van der Waals surface area contributed by atoms with Crippen LogP contribution in [0.1, 0.15) is 6.85 Å². The molecule has 0 saturated heterocycles. The molecule has 9 aromatic carbocycles. The summed E-state index contributed by atoms with van der Waals surface area (Å²) in [6.07, 6.45) is 0. The van der Waals surface area contributed by atoms with E-state index in [4.69, 9.17) is 30.6 Å². The minimum absolute atomic E-state index is 0.0803. The van der Waals surface area contributed by atoms with Crippen LogP contribution >= 0.6 is 0 Å². The minimum Gasteiger partial charge on any atom is -0.455 e. The van der Waals surface area contributed by atoms with E-state index in [0.717, 1.165) is 82.5 Å². The molecule has 0 unspecified atom stereocenters. The third kappa shape index (κ3) is 5.62. The maximum atomic E-state index is 9.08. The fourth-order valence-corrected chi connectivity index (χ4v) is 9.17. The molecule has 0 saturated carbocycles. The first kappa shape index (κ1) is 30.4. The predicted octanol–water partition coefficient (Wildman–Crippen LogP) is 15.1. The molecule has 294 valence electrons. The van der Waals surface area contributed by atoms with Crippen molar-refractivity contribution in [3.63, 3.8) is 0 Å². The van der Waals surface area contributed by atoms with Gasteiger partial charge in [0, 0.05) is 54.7 Å². The van der Waals surface area contributed by atoms with Crippen LogP contribution in [0.15, 0.2) is 215 Å². The van der Waals surface area contributed by atoms with E-state index in [9.17, 15) is 0 Å². The number of furan rings is 2. The molecule has 0 bridgehead atoms. The van der Waals surface area contributed by atoms with Gasteiger partial charge in [-0.05, 0) is 59.2 Å². The van der Waals surface area contributed by atoms with Crippen molar-refractivity contribution in [2.45, 2.75) is 0 Å². The Bertz CT molecular complexity index is 4150. The molecule has 0 N–H and O–H groups in total. The fraction of sp³-hybridized carbons (Fsp3) is 0. The number of para-hydroxylation sites is 4. The van der Waals surface area contributed by atoms with Crippen LogP contribution in [0.2, 0.25) is 0 Å². The summed E-state index contributed by atoms with van der Waals surface area (Å²) in [6.45, 7) is 0. The van der Waals surface area contributed by atoms with Gasteiger partial charge >= 0.3 is 0 Å². The zero-order chi connectivity index (χ0) is 45.8. The molecule has 0 aliphatic heterocycles. The first-order valence-corrected chi connectivity index (χ1v) is 20.7. The van der Waals surface area contributed by atoms with Crippen LogP contribution in [0.3, 0.4) is 0 Å². The molecule has 0 spiro atoms. The number of benzene rings is 9. The van der Waals surface area contributed by atoms with Crippen molar-refractivity contribution < 1.29 is 15.7 Å². The molecule has 6 nitrogen and oxygen atoms in total. The van der Waals surface area contributed by atoms with Crippen LogP contribution in [0.5, 0.6) is 0 Å². The first-order chi connectivity index (χ1) is 33.3. The number of hydrogen-bond acceptors (Lipinski definition) is 5. The normalized spacial score (nSPS) is 12.9. The molecule has 4 heterocycles. The second-order valence-electron chi connectivity index (χ2n) is 15.6. The van der Waals surface area contributed by atoms with Crippen LogP contribution in [0, 0.1) is 0 Å². The van der Waals surface area contributed by atoms with E-state index in [1.807, 2.05) is 127 Å². The van der Waals surface area contributed by atoms with Crippen molar-refractivity contribution in [2.24, 2.45) is 0 Å². The largest absolute Gasteiger partial charge is 0.455 e. The van der Waals surface area contributed by atoms with Gasteiger partial charge in [-0.15, -0.1) is 0 Å². The van der Waals surface area contributed by atoms with Crippen molar-refractivity contribution in [3.05, 3.63) is 206 Å². The molecular weight excluding hydrogens is 773 g/mol. The fourth-order valence-electron chi connectivity index (χ4n) is 9.17. The lowest BCUT2D eigenvalue weighted by Crippen LogP contribution is -2.02. The molecule has 0 aliphatic carbocycles. The quantitative estimate of drug-likeness (QED) is 0.167. The summed E-state index contributed by atoms with van der Waals surface area (Å²) in [7, 11) is 0. The van der Waals surface area contributed by atoms with Crippen LogP contribution in [0.4, 0.5) is 0 Å². The molecule has 0 atom stereocenters. The van der Waals surface area contributed by atoms with Gasteiger partial charge in [-0.2, -0.15) is 0 Å². The lowest BCUT2D eigenvalue weighted by atomic mass is 9.98. The standard InChI is InChI=1S/C57H34N4O2/c1-3-16-35(17-4-1)40-25-15-31-51-52(40)46-33-39(61-48-28-10-7-22-42(48)43-23-8-11-29-49(43)61)34-47(54(46)63-51)57-59-55(36-18-5-2-6-19-36)58-56(60-57)38-21-13-20-37(32-38)41-26-14-27-45-44-24-9-12-30-50(44)62-53(41)45/h1-34H/i2D,5D,6D,18D,19D. The lowest BCUT2D eigenvalue weighted by molar-refractivity contribution is 0.669. The van der Waals surface area contributed by atoms with Crippen LogP contribution in [-0.4, -0.2) is 19.5 Å². The number of fused-ring (bicyclic) bond motifs is 9. The minimum atomic E-state index is -0.511. The number of hydrogen-bond donors (Lipinski definition) is 0. The summed E-state index contributed by atoms with van der Waals surface area (Å²) in [4.78, 5) is 15.2. The Kier molecular flexibility index (Phi) is 6.75. The van der Waals surface area contributed by atoms with Crippen molar-refractivity contribution in [1.82, 2.24) is 19.5 Å². The highest BCUT2D eigenvalue weighted by molar-refractivity contribution is 6.17. The maximum absolute atomic E-state index is 9.08. The van der Waals surface area contributed by atoms with Gasteiger partial charge in [-0.1, -0.05) is 164 Å². The van der Waals surface area contributed by atoms with Crippen LogP contribution in [-0.2, 0) is 0 Å². The zero-order valence-electron chi connectivity index (χ0n) is 38.3. The van der Waals surface area contributed by atoms with Crippen molar-refractivity contribution in [3.8, 4) is 62.1 Å². The zero-order valence-corrected chi connectivity index (χ0v) is 33.3. The molecule has 0 fully saturated rings. The van der Waals surface area contributed by atoms with E-state index in [-0.39, 0.29) is 23.0 Å². The Labute approximate surface area is 368 Å². The van der Waals surface area contributed by atoms with Gasteiger partial charge in [0.2, 0.25) is 0 Å². The SMILES string of the molecule is [2H]c1c([2H])c([2H])c(-c2nc(-c3cccc(-c4cccc5c4oc4ccccc45)c3)nc(-c3cc(-n4c5ccccc5c5ccccc54)cc4c3oc3cccc(-c5ccccc5)c34)n2)c([2H])c1[2H]. The van der Waals surface area contributed by atoms with Crippen LogP contribution in [0.25, 0.3) is 128 Å². The highest BCUT2D eigenvalue weighted by Gasteiger charge is 2.23. The average molecular weight is 812 g/mol. The predicted molar refractivity (Wildman–Crippen MR) is 256 cm³/mol. The van der Waals surface area contributed by atoms with Gasteiger partial charge < -0.3 is 13.4 Å². The summed E-state index contributed by atoms with van der Waals surface area (Å²) >= 11 is 0. The van der Waals surface area contributed by atoms with Gasteiger partial charge in [0.05, 0.1) is 23.5 Å². The molecule has 13 aromatic rings. The summed E-state index contributed by atoms with van der Waals surface area (Å²) in [5, 5.41) is 5.92. The Morgan fingerprint density at radius 3 is 1.76 bits per heavy atom. The Hall–Kier alpha value is -8.61. The van der Waals surface area contributed by atoms with Crippen LogP contribution < -0.4 is 0 Å². The number of rotatable bonds is 6.